The molecule has 0 unspecified atom stereocenters. The zero-order valence-corrected chi connectivity index (χ0v) is 17.7. The van der Waals surface area contributed by atoms with Gasteiger partial charge in [0.2, 0.25) is 5.91 Å². The number of para-hydroxylation sites is 1. The van der Waals surface area contributed by atoms with E-state index in [0.29, 0.717) is 6.42 Å². The molecule has 0 atom stereocenters. The molecule has 7 nitrogen and oxygen atoms in total. The van der Waals surface area contributed by atoms with Crippen molar-refractivity contribution in [1.82, 2.24) is 14.1 Å². The molecular weight excluding hydrogens is 449 g/mol. The second-order valence-corrected chi connectivity index (χ2v) is 7.52. The standard InChI is InChI=1S/C24H19F3N4O3/c25-24(26,27)17-9-4-5-10-18(17)29-20(32)15-31-19-11-6-13-28-21(19)22(33)30(23(31)34)14-12-16-7-2-1-3-8-16/h1-11,13H,12,14-15H2,(H,29,32). The van der Waals surface area contributed by atoms with Crippen LogP contribution in [0.2, 0.25) is 0 Å². The Morgan fingerprint density at radius 2 is 1.62 bits per heavy atom. The van der Waals surface area contributed by atoms with Gasteiger partial charge in [-0.2, -0.15) is 13.2 Å². The zero-order chi connectivity index (χ0) is 24.3. The van der Waals surface area contributed by atoms with Gasteiger partial charge in [-0.15, -0.1) is 0 Å². The average molecular weight is 468 g/mol. The van der Waals surface area contributed by atoms with Gasteiger partial charge in [-0.05, 0) is 36.2 Å². The summed E-state index contributed by atoms with van der Waals surface area (Å²) in [5.74, 6) is -0.850. The van der Waals surface area contributed by atoms with E-state index in [1.54, 1.807) is 0 Å². The molecule has 0 radical (unpaired) electrons. The quantitative estimate of drug-likeness (QED) is 0.470. The molecule has 0 spiro atoms. The molecule has 0 aliphatic rings. The molecule has 2 aromatic heterocycles. The molecule has 10 heteroatoms. The summed E-state index contributed by atoms with van der Waals surface area (Å²) < 4.78 is 41.8. The van der Waals surface area contributed by atoms with Crippen LogP contribution < -0.4 is 16.6 Å². The van der Waals surface area contributed by atoms with Crippen molar-refractivity contribution in [2.75, 3.05) is 5.32 Å². The summed E-state index contributed by atoms with van der Waals surface area (Å²) >= 11 is 0. The van der Waals surface area contributed by atoms with E-state index >= 15 is 0 Å². The highest BCUT2D eigenvalue weighted by molar-refractivity contribution is 5.92. The average Bonchev–Trinajstić information content (AvgIpc) is 2.82. The Morgan fingerprint density at radius 1 is 0.912 bits per heavy atom. The second kappa shape index (κ2) is 9.34. The third-order valence-corrected chi connectivity index (χ3v) is 5.26. The number of hydrogen-bond acceptors (Lipinski definition) is 4. The van der Waals surface area contributed by atoms with Gasteiger partial charge >= 0.3 is 11.9 Å². The molecule has 0 fully saturated rings. The number of pyridine rings is 1. The van der Waals surface area contributed by atoms with Crippen molar-refractivity contribution >= 4 is 22.6 Å². The number of nitrogens with zero attached hydrogens (tertiary/aromatic N) is 3. The molecule has 4 aromatic rings. The van der Waals surface area contributed by atoms with Crippen molar-refractivity contribution in [3.05, 3.63) is 105 Å². The first-order valence-corrected chi connectivity index (χ1v) is 10.3. The number of carbonyl (C=O) groups is 1. The highest BCUT2D eigenvalue weighted by Crippen LogP contribution is 2.34. The number of alkyl halides is 3. The molecular formula is C24H19F3N4O3. The zero-order valence-electron chi connectivity index (χ0n) is 17.7. The summed E-state index contributed by atoms with van der Waals surface area (Å²) in [5.41, 5.74) is -1.77. The number of benzene rings is 2. The highest BCUT2D eigenvalue weighted by atomic mass is 19.4. The molecule has 34 heavy (non-hydrogen) atoms. The molecule has 174 valence electrons. The summed E-state index contributed by atoms with van der Waals surface area (Å²) in [6.45, 7) is -0.550. The number of nitrogens with one attached hydrogen (secondary N) is 1. The largest absolute Gasteiger partial charge is 0.418 e. The Balaban J connectivity index is 1.69. The Hall–Kier alpha value is -4.21. The molecule has 4 rings (SSSR count). The molecule has 1 amide bonds. The SMILES string of the molecule is O=C(Cn1c(=O)n(CCc2ccccc2)c(=O)c2ncccc21)Nc1ccccc1C(F)(F)F. The Labute approximate surface area is 191 Å². The molecule has 0 aliphatic heterocycles. The number of fused-ring (bicyclic) bond motifs is 1. The fraction of sp³-hybridized carbons (Fsp3) is 0.167. The first-order valence-electron chi connectivity index (χ1n) is 10.3. The lowest BCUT2D eigenvalue weighted by Gasteiger charge is -2.16. The number of carbonyl (C=O) groups excluding carboxylic acids is 1. The van der Waals surface area contributed by atoms with Crippen LogP contribution in [0.5, 0.6) is 0 Å². The molecule has 2 aromatic carbocycles. The summed E-state index contributed by atoms with van der Waals surface area (Å²) in [6.07, 6.45) is -2.89. The van der Waals surface area contributed by atoms with E-state index < -0.39 is 41.1 Å². The maximum absolute atomic E-state index is 13.3. The molecule has 1 N–H and O–H groups in total. The number of halogens is 3. The van der Waals surface area contributed by atoms with Gasteiger partial charge in [0.05, 0.1) is 16.8 Å². The lowest BCUT2D eigenvalue weighted by molar-refractivity contribution is -0.137. The van der Waals surface area contributed by atoms with Crippen molar-refractivity contribution in [3.63, 3.8) is 0 Å². The fourth-order valence-corrected chi connectivity index (χ4v) is 3.65. The van der Waals surface area contributed by atoms with Crippen molar-refractivity contribution in [2.45, 2.75) is 25.7 Å². The Bertz CT molecular complexity index is 1460. The number of hydrogen-bond donors (Lipinski definition) is 1. The first-order chi connectivity index (χ1) is 16.3. The summed E-state index contributed by atoms with van der Waals surface area (Å²) in [5, 5.41) is 2.22. The van der Waals surface area contributed by atoms with Gasteiger partial charge in [0, 0.05) is 12.7 Å². The number of aromatic nitrogens is 3. The number of anilines is 1. The van der Waals surface area contributed by atoms with Crippen molar-refractivity contribution in [1.29, 1.82) is 0 Å². The van der Waals surface area contributed by atoms with E-state index in [9.17, 15) is 27.6 Å². The van der Waals surface area contributed by atoms with Crippen LogP contribution >= 0.6 is 0 Å². The topological polar surface area (TPSA) is 86.0 Å². The van der Waals surface area contributed by atoms with E-state index in [1.165, 1.54) is 30.5 Å². The van der Waals surface area contributed by atoms with E-state index in [-0.39, 0.29) is 17.6 Å². The van der Waals surface area contributed by atoms with Gasteiger partial charge in [-0.3, -0.25) is 18.7 Å². The number of amides is 1. The molecule has 0 aliphatic carbocycles. The van der Waals surface area contributed by atoms with Crippen LogP contribution in [0.4, 0.5) is 18.9 Å². The summed E-state index contributed by atoms with van der Waals surface area (Å²) in [6, 6.07) is 16.7. The second-order valence-electron chi connectivity index (χ2n) is 7.52. The Kier molecular flexibility index (Phi) is 6.31. The smallest absolute Gasteiger partial charge is 0.324 e. The predicted molar refractivity (Wildman–Crippen MR) is 120 cm³/mol. The highest BCUT2D eigenvalue weighted by Gasteiger charge is 2.33. The van der Waals surface area contributed by atoms with Crippen molar-refractivity contribution in [2.24, 2.45) is 0 Å². The number of aryl methyl sites for hydroxylation is 1. The van der Waals surface area contributed by atoms with Crippen LogP contribution in [0, 0.1) is 0 Å². The summed E-state index contributed by atoms with van der Waals surface area (Å²) in [4.78, 5) is 42.8. The predicted octanol–water partition coefficient (Wildman–Crippen LogP) is 3.46. The molecule has 0 saturated heterocycles. The Morgan fingerprint density at radius 3 is 2.35 bits per heavy atom. The van der Waals surface area contributed by atoms with Crippen molar-refractivity contribution < 1.29 is 18.0 Å². The summed E-state index contributed by atoms with van der Waals surface area (Å²) in [7, 11) is 0. The van der Waals surface area contributed by atoms with Crippen LogP contribution in [-0.2, 0) is 30.5 Å². The van der Waals surface area contributed by atoms with Crippen LogP contribution in [0.3, 0.4) is 0 Å². The minimum Gasteiger partial charge on any atom is -0.324 e. The lowest BCUT2D eigenvalue weighted by atomic mass is 10.1. The van der Waals surface area contributed by atoms with Crippen molar-refractivity contribution in [3.8, 4) is 0 Å². The van der Waals surface area contributed by atoms with Gasteiger partial charge in [0.15, 0.2) is 5.52 Å². The maximum Gasteiger partial charge on any atom is 0.418 e. The van der Waals surface area contributed by atoms with Crippen LogP contribution in [-0.4, -0.2) is 20.0 Å². The third-order valence-electron chi connectivity index (χ3n) is 5.26. The molecule has 2 heterocycles. The van der Waals surface area contributed by atoms with E-state index in [4.69, 9.17) is 0 Å². The van der Waals surface area contributed by atoms with Gasteiger partial charge in [-0.1, -0.05) is 42.5 Å². The number of rotatable bonds is 6. The lowest BCUT2D eigenvalue weighted by Crippen LogP contribution is -2.42. The third kappa shape index (κ3) is 4.75. The molecule has 0 bridgehead atoms. The monoisotopic (exact) mass is 468 g/mol. The van der Waals surface area contributed by atoms with E-state index in [0.717, 1.165) is 26.8 Å². The van der Waals surface area contributed by atoms with E-state index in [1.807, 2.05) is 30.3 Å². The van der Waals surface area contributed by atoms with Gasteiger partial charge in [0.25, 0.3) is 5.56 Å². The normalized spacial score (nSPS) is 11.5. The minimum absolute atomic E-state index is 0.0151. The van der Waals surface area contributed by atoms with Gasteiger partial charge < -0.3 is 5.32 Å². The van der Waals surface area contributed by atoms with Crippen LogP contribution in [0.1, 0.15) is 11.1 Å². The van der Waals surface area contributed by atoms with Gasteiger partial charge in [-0.25, -0.2) is 9.78 Å². The molecule has 0 saturated carbocycles. The van der Waals surface area contributed by atoms with Gasteiger partial charge in [0.1, 0.15) is 6.54 Å². The van der Waals surface area contributed by atoms with Crippen LogP contribution in [0.25, 0.3) is 11.0 Å². The van der Waals surface area contributed by atoms with E-state index in [2.05, 4.69) is 10.3 Å². The fourth-order valence-electron chi connectivity index (χ4n) is 3.65. The minimum atomic E-state index is -4.66. The first kappa shape index (κ1) is 23.0. The maximum atomic E-state index is 13.3. The van der Waals surface area contributed by atoms with Crippen LogP contribution in [0.15, 0.2) is 82.5 Å².